The number of amides is 2. The summed E-state index contributed by atoms with van der Waals surface area (Å²) in [5.41, 5.74) is 5.36. The zero-order valence-electron chi connectivity index (χ0n) is 11.1. The van der Waals surface area contributed by atoms with Crippen LogP contribution in [0.2, 0.25) is 0 Å². The molecule has 0 aliphatic rings. The van der Waals surface area contributed by atoms with Crippen molar-refractivity contribution < 1.29 is 14.3 Å². The lowest BCUT2D eigenvalue weighted by Gasteiger charge is -2.09. The normalized spacial score (nSPS) is 9.81. The summed E-state index contributed by atoms with van der Waals surface area (Å²) in [6.45, 7) is 0. The van der Waals surface area contributed by atoms with Gasteiger partial charge in [-0.25, -0.2) is 0 Å². The minimum atomic E-state index is -0.460. The maximum Gasteiger partial charge on any atom is 0.271 e. The van der Waals surface area contributed by atoms with E-state index in [1.807, 2.05) is 0 Å². The molecule has 2 amide bonds. The molecule has 0 bridgehead atoms. The van der Waals surface area contributed by atoms with E-state index >= 15 is 0 Å². The number of methoxy groups -OCH3 is 1. The van der Waals surface area contributed by atoms with Gasteiger partial charge in [0.05, 0.1) is 18.2 Å². The smallest absolute Gasteiger partial charge is 0.271 e. The van der Waals surface area contributed by atoms with E-state index < -0.39 is 11.8 Å². The fourth-order valence-electron chi connectivity index (χ4n) is 1.56. The van der Waals surface area contributed by atoms with Gasteiger partial charge in [-0.05, 0) is 46.3 Å². The standard InChI is InChI=1S/C14H12BrN3O3/c1-21-10-4-5-12(15)11(7-10)14(20)18-17-13(19)9-3-2-6-16-8-9/h2-8H,1H3,(H,17,19)(H,18,20). The van der Waals surface area contributed by atoms with Crippen molar-refractivity contribution in [2.45, 2.75) is 0 Å². The lowest BCUT2D eigenvalue weighted by atomic mass is 10.2. The van der Waals surface area contributed by atoms with Gasteiger partial charge in [0, 0.05) is 16.9 Å². The summed E-state index contributed by atoms with van der Waals surface area (Å²) in [6, 6.07) is 8.20. The van der Waals surface area contributed by atoms with E-state index in [1.54, 1.807) is 36.5 Å². The third-order valence-electron chi connectivity index (χ3n) is 2.63. The average molecular weight is 350 g/mol. The number of aromatic nitrogens is 1. The average Bonchev–Trinajstić information content (AvgIpc) is 2.53. The van der Waals surface area contributed by atoms with Gasteiger partial charge in [0.1, 0.15) is 5.75 Å². The van der Waals surface area contributed by atoms with Gasteiger partial charge in [-0.3, -0.25) is 25.4 Å². The number of hydrogen-bond donors (Lipinski definition) is 2. The number of rotatable bonds is 3. The van der Waals surface area contributed by atoms with Crippen molar-refractivity contribution in [2.75, 3.05) is 7.11 Å². The van der Waals surface area contributed by atoms with Crippen molar-refractivity contribution in [3.8, 4) is 5.75 Å². The van der Waals surface area contributed by atoms with Crippen molar-refractivity contribution in [3.63, 3.8) is 0 Å². The predicted octanol–water partition coefficient (Wildman–Crippen LogP) is 1.93. The van der Waals surface area contributed by atoms with E-state index in [0.29, 0.717) is 21.3 Å². The number of benzene rings is 1. The number of hydrogen-bond acceptors (Lipinski definition) is 4. The Morgan fingerprint density at radius 3 is 2.62 bits per heavy atom. The first-order chi connectivity index (χ1) is 10.1. The highest BCUT2D eigenvalue weighted by Gasteiger charge is 2.13. The summed E-state index contributed by atoms with van der Waals surface area (Å²) in [5, 5.41) is 0. The molecule has 0 saturated heterocycles. The zero-order valence-corrected chi connectivity index (χ0v) is 12.7. The molecule has 2 aromatic rings. The third kappa shape index (κ3) is 3.79. The minimum Gasteiger partial charge on any atom is -0.497 e. The molecule has 0 fully saturated rings. The number of pyridine rings is 1. The van der Waals surface area contributed by atoms with Crippen LogP contribution in [0.25, 0.3) is 0 Å². The van der Waals surface area contributed by atoms with E-state index in [1.165, 1.54) is 13.3 Å². The van der Waals surface area contributed by atoms with Crippen LogP contribution in [-0.2, 0) is 0 Å². The number of ether oxygens (including phenoxy) is 1. The Hall–Kier alpha value is -2.41. The van der Waals surface area contributed by atoms with Gasteiger partial charge in [0.2, 0.25) is 0 Å². The first-order valence-electron chi connectivity index (χ1n) is 5.96. The van der Waals surface area contributed by atoms with E-state index in [4.69, 9.17) is 4.74 Å². The highest BCUT2D eigenvalue weighted by Crippen LogP contribution is 2.22. The molecule has 0 saturated carbocycles. The van der Waals surface area contributed by atoms with Gasteiger partial charge in [-0.2, -0.15) is 0 Å². The zero-order chi connectivity index (χ0) is 15.2. The molecular weight excluding hydrogens is 338 g/mol. The van der Waals surface area contributed by atoms with Crippen LogP contribution in [0.15, 0.2) is 47.2 Å². The summed E-state index contributed by atoms with van der Waals surface area (Å²) < 4.78 is 5.65. The quantitative estimate of drug-likeness (QED) is 0.829. The second kappa shape index (κ2) is 6.85. The van der Waals surface area contributed by atoms with Gasteiger partial charge in [0.25, 0.3) is 11.8 Å². The van der Waals surface area contributed by atoms with Crippen LogP contribution >= 0.6 is 15.9 Å². The fourth-order valence-corrected chi connectivity index (χ4v) is 1.98. The van der Waals surface area contributed by atoms with Gasteiger partial charge >= 0.3 is 0 Å². The summed E-state index contributed by atoms with van der Waals surface area (Å²) >= 11 is 3.27. The van der Waals surface area contributed by atoms with Crippen LogP contribution in [0.3, 0.4) is 0 Å². The summed E-state index contributed by atoms with van der Waals surface area (Å²) in [4.78, 5) is 27.7. The van der Waals surface area contributed by atoms with Crippen molar-refractivity contribution in [1.82, 2.24) is 15.8 Å². The van der Waals surface area contributed by atoms with Crippen LogP contribution in [-0.4, -0.2) is 23.9 Å². The Morgan fingerprint density at radius 1 is 1.19 bits per heavy atom. The lowest BCUT2D eigenvalue weighted by molar-refractivity contribution is 0.0846. The van der Waals surface area contributed by atoms with Gasteiger partial charge in [0.15, 0.2) is 0 Å². The second-order valence-electron chi connectivity index (χ2n) is 4.00. The van der Waals surface area contributed by atoms with Crippen molar-refractivity contribution in [1.29, 1.82) is 0 Å². The summed E-state index contributed by atoms with van der Waals surface area (Å²) in [7, 11) is 1.51. The number of halogens is 1. The minimum absolute atomic E-state index is 0.348. The molecular formula is C14H12BrN3O3. The van der Waals surface area contributed by atoms with Crippen molar-refractivity contribution >= 4 is 27.7 Å². The second-order valence-corrected chi connectivity index (χ2v) is 4.85. The van der Waals surface area contributed by atoms with E-state index in [2.05, 4.69) is 31.8 Å². The van der Waals surface area contributed by atoms with E-state index in [0.717, 1.165) is 0 Å². The Balaban J connectivity index is 2.04. The van der Waals surface area contributed by atoms with Crippen LogP contribution < -0.4 is 15.6 Å². The number of nitrogens with zero attached hydrogens (tertiary/aromatic N) is 1. The molecule has 7 heteroatoms. The molecule has 6 nitrogen and oxygen atoms in total. The number of carbonyl (C=O) groups excluding carboxylic acids is 2. The first-order valence-corrected chi connectivity index (χ1v) is 6.75. The molecule has 21 heavy (non-hydrogen) atoms. The molecule has 1 aromatic heterocycles. The molecule has 1 aromatic carbocycles. The molecule has 0 atom stereocenters. The van der Waals surface area contributed by atoms with Crippen LogP contribution in [0, 0.1) is 0 Å². The molecule has 108 valence electrons. The Bertz CT molecular complexity index is 662. The van der Waals surface area contributed by atoms with Crippen molar-refractivity contribution in [3.05, 3.63) is 58.3 Å². The molecule has 2 rings (SSSR count). The topological polar surface area (TPSA) is 80.3 Å². The maximum atomic E-state index is 12.0. The Kier molecular flexibility index (Phi) is 4.89. The van der Waals surface area contributed by atoms with E-state index in [-0.39, 0.29) is 0 Å². The Labute approximate surface area is 129 Å². The van der Waals surface area contributed by atoms with Crippen molar-refractivity contribution in [2.24, 2.45) is 0 Å². The molecule has 0 radical (unpaired) electrons. The Morgan fingerprint density at radius 2 is 1.95 bits per heavy atom. The highest BCUT2D eigenvalue weighted by molar-refractivity contribution is 9.10. The van der Waals surface area contributed by atoms with Gasteiger partial charge in [-0.15, -0.1) is 0 Å². The van der Waals surface area contributed by atoms with Crippen LogP contribution in [0.5, 0.6) is 5.75 Å². The van der Waals surface area contributed by atoms with Gasteiger partial charge < -0.3 is 4.74 Å². The molecule has 0 aliphatic carbocycles. The molecule has 2 N–H and O–H groups in total. The lowest BCUT2D eigenvalue weighted by Crippen LogP contribution is -2.41. The molecule has 0 spiro atoms. The SMILES string of the molecule is COc1ccc(Br)c(C(=O)NNC(=O)c2cccnc2)c1. The highest BCUT2D eigenvalue weighted by atomic mass is 79.9. The molecule has 0 unspecified atom stereocenters. The fraction of sp³-hybridized carbons (Fsp3) is 0.0714. The monoisotopic (exact) mass is 349 g/mol. The number of nitrogens with one attached hydrogen (secondary N) is 2. The molecule has 1 heterocycles. The van der Waals surface area contributed by atoms with Crippen LogP contribution in [0.1, 0.15) is 20.7 Å². The summed E-state index contributed by atoms with van der Waals surface area (Å²) in [5.74, 6) is -0.365. The predicted molar refractivity (Wildman–Crippen MR) is 79.9 cm³/mol. The first kappa shape index (κ1) is 15.0. The largest absolute Gasteiger partial charge is 0.497 e. The molecule has 0 aliphatic heterocycles. The third-order valence-corrected chi connectivity index (χ3v) is 3.32. The maximum absolute atomic E-state index is 12.0. The van der Waals surface area contributed by atoms with Gasteiger partial charge in [-0.1, -0.05) is 0 Å². The van der Waals surface area contributed by atoms with Crippen LogP contribution in [0.4, 0.5) is 0 Å². The summed E-state index contributed by atoms with van der Waals surface area (Å²) in [6.07, 6.45) is 2.96. The number of carbonyl (C=O) groups is 2. The van der Waals surface area contributed by atoms with E-state index in [9.17, 15) is 9.59 Å². The number of hydrazine groups is 1.